The van der Waals surface area contributed by atoms with Crippen LogP contribution in [0.4, 0.5) is 10.1 Å². The third-order valence-corrected chi connectivity index (χ3v) is 2.99. The zero-order chi connectivity index (χ0) is 14.5. The van der Waals surface area contributed by atoms with Gasteiger partial charge in [-0.05, 0) is 36.2 Å². The molecule has 0 amide bonds. The van der Waals surface area contributed by atoms with Crippen LogP contribution >= 0.6 is 0 Å². The first-order valence-corrected chi connectivity index (χ1v) is 6.51. The molecule has 4 nitrogen and oxygen atoms in total. The van der Waals surface area contributed by atoms with Gasteiger partial charge in [-0.15, -0.1) is 0 Å². The van der Waals surface area contributed by atoms with Gasteiger partial charge in [0.1, 0.15) is 5.82 Å². The SMILES string of the molecule is CCCn1ccc(CNc2cc(C(=O)O)ccc2F)c1. The maximum atomic E-state index is 13.6. The smallest absolute Gasteiger partial charge is 0.335 e. The number of anilines is 1. The summed E-state index contributed by atoms with van der Waals surface area (Å²) in [6.07, 6.45) is 5.02. The second-order valence-corrected chi connectivity index (χ2v) is 4.61. The van der Waals surface area contributed by atoms with Crippen molar-refractivity contribution in [3.8, 4) is 0 Å². The predicted octanol–water partition coefficient (Wildman–Crippen LogP) is 3.35. The highest BCUT2D eigenvalue weighted by Crippen LogP contribution is 2.17. The number of carbonyl (C=O) groups is 1. The van der Waals surface area contributed by atoms with Crippen molar-refractivity contribution in [2.24, 2.45) is 0 Å². The fourth-order valence-corrected chi connectivity index (χ4v) is 1.98. The number of nitrogens with one attached hydrogen (secondary N) is 1. The van der Waals surface area contributed by atoms with Crippen molar-refractivity contribution in [2.45, 2.75) is 26.4 Å². The molecule has 0 radical (unpaired) electrons. The van der Waals surface area contributed by atoms with Gasteiger partial charge in [0.15, 0.2) is 0 Å². The quantitative estimate of drug-likeness (QED) is 0.850. The summed E-state index contributed by atoms with van der Waals surface area (Å²) in [7, 11) is 0. The molecule has 2 N–H and O–H groups in total. The summed E-state index contributed by atoms with van der Waals surface area (Å²) in [6, 6.07) is 5.68. The van der Waals surface area contributed by atoms with Crippen LogP contribution in [0.3, 0.4) is 0 Å². The molecule has 0 fully saturated rings. The average Bonchev–Trinajstić information content (AvgIpc) is 2.86. The molecule has 0 atom stereocenters. The van der Waals surface area contributed by atoms with Crippen LogP contribution in [0.2, 0.25) is 0 Å². The molecule has 1 aromatic carbocycles. The number of rotatable bonds is 6. The number of hydrogen-bond acceptors (Lipinski definition) is 2. The van der Waals surface area contributed by atoms with E-state index in [1.807, 2.05) is 18.5 Å². The minimum atomic E-state index is -1.07. The van der Waals surface area contributed by atoms with Gasteiger partial charge in [-0.3, -0.25) is 0 Å². The lowest BCUT2D eigenvalue weighted by Crippen LogP contribution is -2.04. The summed E-state index contributed by atoms with van der Waals surface area (Å²) in [6.45, 7) is 3.50. The van der Waals surface area contributed by atoms with Crippen molar-refractivity contribution in [3.05, 3.63) is 53.6 Å². The third-order valence-electron chi connectivity index (χ3n) is 2.99. The van der Waals surface area contributed by atoms with Crippen molar-refractivity contribution in [1.29, 1.82) is 0 Å². The minimum absolute atomic E-state index is 0.0671. The van der Waals surface area contributed by atoms with Crippen LogP contribution in [0.15, 0.2) is 36.7 Å². The Morgan fingerprint density at radius 2 is 2.20 bits per heavy atom. The van der Waals surface area contributed by atoms with E-state index in [-0.39, 0.29) is 11.3 Å². The standard InChI is InChI=1S/C15H17FN2O2/c1-2-6-18-7-5-11(10-18)9-17-14-8-12(15(19)20)3-4-13(14)16/h3-5,7-8,10,17H,2,6,9H2,1H3,(H,19,20). The highest BCUT2D eigenvalue weighted by Gasteiger charge is 2.08. The van der Waals surface area contributed by atoms with Gasteiger partial charge < -0.3 is 15.0 Å². The molecule has 0 bridgehead atoms. The van der Waals surface area contributed by atoms with Gasteiger partial charge in [0.05, 0.1) is 11.3 Å². The van der Waals surface area contributed by atoms with Gasteiger partial charge >= 0.3 is 5.97 Å². The first kappa shape index (κ1) is 14.1. The van der Waals surface area contributed by atoms with E-state index in [4.69, 9.17) is 5.11 Å². The number of aromatic nitrogens is 1. The molecular weight excluding hydrogens is 259 g/mol. The van der Waals surface area contributed by atoms with Crippen LogP contribution < -0.4 is 5.32 Å². The maximum Gasteiger partial charge on any atom is 0.335 e. The van der Waals surface area contributed by atoms with E-state index < -0.39 is 11.8 Å². The van der Waals surface area contributed by atoms with E-state index in [2.05, 4.69) is 16.8 Å². The molecule has 5 heteroatoms. The molecule has 20 heavy (non-hydrogen) atoms. The summed E-state index contributed by atoms with van der Waals surface area (Å²) >= 11 is 0. The Kier molecular flexibility index (Phi) is 4.40. The fourth-order valence-electron chi connectivity index (χ4n) is 1.98. The first-order valence-electron chi connectivity index (χ1n) is 6.51. The van der Waals surface area contributed by atoms with E-state index >= 15 is 0 Å². The summed E-state index contributed by atoms with van der Waals surface area (Å²) in [5.41, 5.74) is 1.30. The normalized spacial score (nSPS) is 10.5. The lowest BCUT2D eigenvalue weighted by atomic mass is 10.2. The van der Waals surface area contributed by atoms with E-state index in [1.54, 1.807) is 0 Å². The molecule has 1 aromatic heterocycles. The zero-order valence-corrected chi connectivity index (χ0v) is 11.3. The molecule has 0 spiro atoms. The second-order valence-electron chi connectivity index (χ2n) is 4.61. The molecule has 2 rings (SSSR count). The molecule has 0 aliphatic rings. The van der Waals surface area contributed by atoms with Gasteiger partial charge in [0, 0.05) is 25.5 Å². The van der Waals surface area contributed by atoms with Crippen LogP contribution in [0.1, 0.15) is 29.3 Å². The predicted molar refractivity (Wildman–Crippen MR) is 75.4 cm³/mol. The monoisotopic (exact) mass is 276 g/mol. The number of aromatic carboxylic acids is 1. The Bertz CT molecular complexity index is 608. The molecular formula is C15H17FN2O2. The number of carboxylic acids is 1. The molecule has 106 valence electrons. The highest BCUT2D eigenvalue weighted by molar-refractivity contribution is 5.88. The van der Waals surface area contributed by atoms with Crippen molar-refractivity contribution in [2.75, 3.05) is 5.32 Å². The van der Waals surface area contributed by atoms with Gasteiger partial charge in [-0.2, -0.15) is 0 Å². The summed E-state index contributed by atoms with van der Waals surface area (Å²) in [5, 5.41) is 11.8. The second kappa shape index (κ2) is 6.23. The van der Waals surface area contributed by atoms with Crippen LogP contribution in [-0.4, -0.2) is 15.6 Å². The Balaban J connectivity index is 2.05. The van der Waals surface area contributed by atoms with Crippen LogP contribution in [0, 0.1) is 5.82 Å². The van der Waals surface area contributed by atoms with Gasteiger partial charge in [-0.1, -0.05) is 6.92 Å². The number of carboxylic acid groups (broad SMARTS) is 1. The molecule has 0 saturated heterocycles. The topological polar surface area (TPSA) is 54.3 Å². The van der Waals surface area contributed by atoms with Gasteiger partial charge in [0.2, 0.25) is 0 Å². The summed E-state index contributed by atoms with van der Waals surface area (Å²) in [5.74, 6) is -1.52. The van der Waals surface area contributed by atoms with E-state index in [9.17, 15) is 9.18 Å². The molecule has 0 unspecified atom stereocenters. The summed E-state index contributed by atoms with van der Waals surface area (Å²) < 4.78 is 15.7. The molecule has 0 aliphatic heterocycles. The van der Waals surface area contributed by atoms with Gasteiger partial charge in [-0.25, -0.2) is 9.18 Å². The van der Waals surface area contributed by atoms with Crippen LogP contribution in [0.25, 0.3) is 0 Å². The van der Waals surface area contributed by atoms with Crippen LogP contribution in [0.5, 0.6) is 0 Å². The number of halogens is 1. The Labute approximate surface area is 116 Å². The number of hydrogen-bond donors (Lipinski definition) is 2. The van der Waals surface area contributed by atoms with Crippen molar-refractivity contribution >= 4 is 11.7 Å². The largest absolute Gasteiger partial charge is 0.478 e. The average molecular weight is 276 g/mol. The van der Waals surface area contributed by atoms with E-state index in [0.29, 0.717) is 6.54 Å². The van der Waals surface area contributed by atoms with E-state index in [0.717, 1.165) is 24.6 Å². The third kappa shape index (κ3) is 3.38. The van der Waals surface area contributed by atoms with E-state index in [1.165, 1.54) is 12.1 Å². The van der Waals surface area contributed by atoms with Crippen LogP contribution in [-0.2, 0) is 13.1 Å². The molecule has 0 saturated carbocycles. The first-order chi connectivity index (χ1) is 9.60. The molecule has 2 aromatic rings. The lowest BCUT2D eigenvalue weighted by molar-refractivity contribution is 0.0697. The Morgan fingerprint density at radius 3 is 2.90 bits per heavy atom. The Hall–Kier alpha value is -2.30. The Morgan fingerprint density at radius 1 is 1.40 bits per heavy atom. The number of benzene rings is 1. The minimum Gasteiger partial charge on any atom is -0.478 e. The van der Waals surface area contributed by atoms with Crippen molar-refractivity contribution in [3.63, 3.8) is 0 Å². The van der Waals surface area contributed by atoms with Gasteiger partial charge in [0.25, 0.3) is 0 Å². The maximum absolute atomic E-state index is 13.6. The highest BCUT2D eigenvalue weighted by atomic mass is 19.1. The lowest BCUT2D eigenvalue weighted by Gasteiger charge is -2.07. The number of aryl methyl sites for hydroxylation is 1. The van der Waals surface area contributed by atoms with Crippen molar-refractivity contribution in [1.82, 2.24) is 4.57 Å². The molecule has 1 heterocycles. The zero-order valence-electron chi connectivity index (χ0n) is 11.3. The summed E-state index contributed by atoms with van der Waals surface area (Å²) in [4.78, 5) is 10.9. The van der Waals surface area contributed by atoms with Crippen molar-refractivity contribution < 1.29 is 14.3 Å². The number of nitrogens with zero attached hydrogens (tertiary/aromatic N) is 1. The molecule has 0 aliphatic carbocycles. The fraction of sp³-hybridized carbons (Fsp3) is 0.267.